The van der Waals surface area contributed by atoms with Crippen LogP contribution >= 0.6 is 0 Å². The van der Waals surface area contributed by atoms with Crippen molar-refractivity contribution in [1.29, 1.82) is 0 Å². The minimum absolute atomic E-state index is 0.0990. The number of nitrogens with one attached hydrogen (secondary N) is 3. The van der Waals surface area contributed by atoms with Crippen molar-refractivity contribution in [2.24, 2.45) is 0 Å². The molecule has 2 heterocycles. The van der Waals surface area contributed by atoms with E-state index in [0.717, 1.165) is 47.2 Å². The maximum atomic E-state index is 12.8. The number of benzene rings is 2. The summed E-state index contributed by atoms with van der Waals surface area (Å²) in [6.07, 6.45) is 3.22. The van der Waals surface area contributed by atoms with Crippen molar-refractivity contribution in [3.8, 4) is 5.75 Å². The van der Waals surface area contributed by atoms with Gasteiger partial charge in [0, 0.05) is 23.0 Å². The van der Waals surface area contributed by atoms with Gasteiger partial charge in [-0.3, -0.25) is 14.5 Å². The van der Waals surface area contributed by atoms with Crippen LogP contribution in [0.2, 0.25) is 0 Å². The molecule has 1 unspecified atom stereocenters. The zero-order valence-corrected chi connectivity index (χ0v) is 19.1. The van der Waals surface area contributed by atoms with Gasteiger partial charge in [0.25, 0.3) is 5.91 Å². The van der Waals surface area contributed by atoms with E-state index >= 15 is 0 Å². The van der Waals surface area contributed by atoms with Gasteiger partial charge >= 0.3 is 6.03 Å². The Labute approximate surface area is 197 Å². The number of methoxy groups -OCH3 is 1. The number of urea groups is 1. The zero-order valence-electron chi connectivity index (χ0n) is 19.1. The minimum atomic E-state index is -0.676. The Bertz CT molecular complexity index is 1240. The highest BCUT2D eigenvalue weighted by molar-refractivity contribution is 6.04. The maximum Gasteiger partial charge on any atom is 0.325 e. The van der Waals surface area contributed by atoms with Gasteiger partial charge in [0.1, 0.15) is 11.8 Å². The van der Waals surface area contributed by atoms with Crippen LogP contribution in [-0.2, 0) is 22.6 Å². The first-order valence-electron chi connectivity index (χ1n) is 11.7. The number of hydrogen-bond acceptors (Lipinski definition) is 4. The SMILES string of the molecule is COc1ccc2[nH]c3c(c2c1)CCCC3NC(=O)CC[C@@H]1NC(=O)N(Cc2ccccc2)C1=O. The molecule has 2 aliphatic rings. The summed E-state index contributed by atoms with van der Waals surface area (Å²) in [6.45, 7) is 0.226. The summed E-state index contributed by atoms with van der Waals surface area (Å²) in [7, 11) is 1.65. The van der Waals surface area contributed by atoms with Crippen molar-refractivity contribution in [1.82, 2.24) is 20.5 Å². The Hall–Kier alpha value is -3.81. The average Bonchev–Trinajstić information content (AvgIpc) is 3.36. The van der Waals surface area contributed by atoms with Crippen LogP contribution in [0.25, 0.3) is 10.9 Å². The molecule has 1 aliphatic heterocycles. The number of hydrogen-bond donors (Lipinski definition) is 3. The molecule has 34 heavy (non-hydrogen) atoms. The fraction of sp³-hybridized carbons (Fsp3) is 0.346. The summed E-state index contributed by atoms with van der Waals surface area (Å²) >= 11 is 0. The number of aromatic nitrogens is 1. The summed E-state index contributed by atoms with van der Waals surface area (Å²) in [5.41, 5.74) is 4.18. The number of imide groups is 1. The van der Waals surface area contributed by atoms with E-state index in [1.54, 1.807) is 7.11 Å². The van der Waals surface area contributed by atoms with Crippen molar-refractivity contribution in [3.05, 3.63) is 65.4 Å². The van der Waals surface area contributed by atoms with E-state index < -0.39 is 12.1 Å². The van der Waals surface area contributed by atoms with E-state index in [2.05, 4.69) is 15.6 Å². The molecule has 0 bridgehead atoms. The second kappa shape index (κ2) is 9.21. The van der Waals surface area contributed by atoms with Gasteiger partial charge in [-0.2, -0.15) is 0 Å². The van der Waals surface area contributed by atoms with Crippen molar-refractivity contribution < 1.29 is 19.1 Å². The number of aromatic amines is 1. The summed E-state index contributed by atoms with van der Waals surface area (Å²) < 4.78 is 5.37. The van der Waals surface area contributed by atoms with Gasteiger partial charge < -0.3 is 20.4 Å². The topological polar surface area (TPSA) is 104 Å². The molecule has 0 saturated carbocycles. The van der Waals surface area contributed by atoms with Gasteiger partial charge in [-0.1, -0.05) is 30.3 Å². The molecule has 1 aliphatic carbocycles. The first kappa shape index (κ1) is 22.0. The van der Waals surface area contributed by atoms with Gasteiger partial charge in [-0.25, -0.2) is 4.79 Å². The van der Waals surface area contributed by atoms with Gasteiger partial charge in [-0.15, -0.1) is 0 Å². The highest BCUT2D eigenvalue weighted by atomic mass is 16.5. The Morgan fingerprint density at radius 3 is 2.79 bits per heavy atom. The predicted octanol–water partition coefficient (Wildman–Crippen LogP) is 3.57. The van der Waals surface area contributed by atoms with E-state index in [9.17, 15) is 14.4 Å². The number of H-pyrrole nitrogens is 1. The molecular formula is C26H28N4O4. The lowest BCUT2D eigenvalue weighted by Crippen LogP contribution is -2.34. The number of nitrogens with zero attached hydrogens (tertiary/aromatic N) is 1. The van der Waals surface area contributed by atoms with Crippen LogP contribution in [-0.4, -0.2) is 40.9 Å². The molecule has 1 fully saturated rings. The third-order valence-electron chi connectivity index (χ3n) is 6.70. The number of ether oxygens (including phenoxy) is 1. The molecule has 1 aromatic heterocycles. The van der Waals surface area contributed by atoms with Crippen LogP contribution in [0.5, 0.6) is 5.75 Å². The standard InChI is InChI=1S/C26H28N4O4/c1-34-17-10-11-20-19(14-17)18-8-5-9-21(24(18)28-20)27-23(31)13-12-22-25(32)30(26(33)29-22)15-16-6-3-2-4-7-16/h2-4,6-7,10-11,14,21-22,28H,5,8-9,12-13,15H2,1H3,(H,27,31)(H,29,33)/t21?,22-/m0/s1. The Balaban J connectivity index is 1.20. The Morgan fingerprint density at radius 1 is 1.18 bits per heavy atom. The Morgan fingerprint density at radius 2 is 2.00 bits per heavy atom. The average molecular weight is 461 g/mol. The molecule has 4 amide bonds. The van der Waals surface area contributed by atoms with Crippen LogP contribution in [0, 0.1) is 0 Å². The van der Waals surface area contributed by atoms with Crippen LogP contribution in [0.4, 0.5) is 4.79 Å². The van der Waals surface area contributed by atoms with Gasteiger partial charge in [0.05, 0.1) is 19.7 Å². The van der Waals surface area contributed by atoms with E-state index in [4.69, 9.17) is 4.74 Å². The molecule has 8 nitrogen and oxygen atoms in total. The third-order valence-corrected chi connectivity index (χ3v) is 6.70. The highest BCUT2D eigenvalue weighted by Gasteiger charge is 2.38. The molecule has 2 atom stereocenters. The van der Waals surface area contributed by atoms with E-state index in [1.165, 1.54) is 10.5 Å². The summed E-state index contributed by atoms with van der Waals surface area (Å²) in [4.78, 5) is 42.5. The first-order valence-corrected chi connectivity index (χ1v) is 11.7. The summed E-state index contributed by atoms with van der Waals surface area (Å²) in [5, 5.41) is 6.97. The molecule has 3 aromatic rings. The van der Waals surface area contributed by atoms with Crippen LogP contribution in [0.15, 0.2) is 48.5 Å². The Kier molecular flexibility index (Phi) is 5.96. The highest BCUT2D eigenvalue weighted by Crippen LogP contribution is 2.36. The molecule has 8 heteroatoms. The first-order chi connectivity index (χ1) is 16.5. The van der Waals surface area contributed by atoms with Gasteiger partial charge in [0.2, 0.25) is 5.91 Å². The van der Waals surface area contributed by atoms with Crippen molar-refractivity contribution >= 4 is 28.7 Å². The lowest BCUT2D eigenvalue weighted by atomic mass is 9.91. The smallest absolute Gasteiger partial charge is 0.325 e. The number of carbonyl (C=O) groups is 3. The fourth-order valence-electron chi connectivity index (χ4n) is 4.94. The third kappa shape index (κ3) is 4.23. The zero-order chi connectivity index (χ0) is 23.7. The minimum Gasteiger partial charge on any atom is -0.497 e. The molecule has 2 aromatic carbocycles. The number of aryl methyl sites for hydroxylation is 1. The van der Waals surface area contributed by atoms with Gasteiger partial charge in [-0.05, 0) is 55.0 Å². The largest absolute Gasteiger partial charge is 0.497 e. The molecule has 3 N–H and O–H groups in total. The second-order valence-corrected chi connectivity index (χ2v) is 8.89. The van der Waals surface area contributed by atoms with E-state index in [0.29, 0.717) is 0 Å². The molecule has 5 rings (SSSR count). The molecule has 176 valence electrons. The summed E-state index contributed by atoms with van der Waals surface area (Å²) in [5.74, 6) is 0.397. The lowest BCUT2D eigenvalue weighted by molar-refractivity contribution is -0.128. The predicted molar refractivity (Wildman–Crippen MR) is 127 cm³/mol. The lowest BCUT2D eigenvalue weighted by Gasteiger charge is -2.24. The molecule has 0 spiro atoms. The number of amides is 4. The normalized spacial score (nSPS) is 19.7. The van der Waals surface area contributed by atoms with Crippen molar-refractivity contribution in [2.75, 3.05) is 7.11 Å². The van der Waals surface area contributed by atoms with Gasteiger partial charge in [0.15, 0.2) is 0 Å². The van der Waals surface area contributed by atoms with Crippen LogP contribution in [0.3, 0.4) is 0 Å². The van der Waals surface area contributed by atoms with Crippen LogP contribution in [0.1, 0.15) is 48.5 Å². The fourth-order valence-corrected chi connectivity index (χ4v) is 4.94. The number of fused-ring (bicyclic) bond motifs is 3. The molecule has 1 saturated heterocycles. The monoisotopic (exact) mass is 460 g/mol. The molecular weight excluding hydrogens is 432 g/mol. The van der Waals surface area contributed by atoms with E-state index in [-0.39, 0.29) is 37.2 Å². The molecule has 0 radical (unpaired) electrons. The van der Waals surface area contributed by atoms with Crippen molar-refractivity contribution in [3.63, 3.8) is 0 Å². The van der Waals surface area contributed by atoms with Crippen LogP contribution < -0.4 is 15.4 Å². The second-order valence-electron chi connectivity index (χ2n) is 8.89. The van der Waals surface area contributed by atoms with E-state index in [1.807, 2.05) is 48.5 Å². The van der Waals surface area contributed by atoms with Crippen molar-refractivity contribution in [2.45, 2.75) is 50.7 Å². The summed E-state index contributed by atoms with van der Waals surface area (Å²) in [6, 6.07) is 14.1. The number of rotatable bonds is 7. The maximum absolute atomic E-state index is 12.8. The number of carbonyl (C=O) groups excluding carboxylic acids is 3. The quantitative estimate of drug-likeness (QED) is 0.469.